The molecule has 37 heavy (non-hydrogen) atoms. The van der Waals surface area contributed by atoms with Gasteiger partial charge in [0.1, 0.15) is 6.10 Å². The number of hydrogen-bond acceptors (Lipinski definition) is 6. The summed E-state index contributed by atoms with van der Waals surface area (Å²) in [4.78, 5) is 23.6. The zero-order valence-electron chi connectivity index (χ0n) is 23.8. The van der Waals surface area contributed by atoms with Gasteiger partial charge in [-0.05, 0) is 104 Å². The second-order valence-corrected chi connectivity index (χ2v) is 14.4. The number of carbonyl (C=O) groups excluding carboxylic acids is 2. The Kier molecular flexibility index (Phi) is 6.31. The summed E-state index contributed by atoms with van der Waals surface area (Å²) in [5.74, 6) is 2.68. The average molecular weight is 517 g/mol. The van der Waals surface area contributed by atoms with E-state index < -0.39 is 5.79 Å². The van der Waals surface area contributed by atoms with E-state index >= 15 is 0 Å². The Labute approximate surface area is 222 Å². The number of carbonyl (C=O) groups is 2. The van der Waals surface area contributed by atoms with Crippen LogP contribution in [-0.2, 0) is 28.5 Å². The largest absolute Gasteiger partial charge is 0.463 e. The summed E-state index contributed by atoms with van der Waals surface area (Å²) >= 11 is 0. The smallest absolute Gasteiger partial charge is 0.303 e. The van der Waals surface area contributed by atoms with Gasteiger partial charge in [0, 0.05) is 19.8 Å². The van der Waals surface area contributed by atoms with Crippen LogP contribution in [0.25, 0.3) is 0 Å². The Morgan fingerprint density at radius 2 is 1.57 bits per heavy atom. The van der Waals surface area contributed by atoms with Crippen LogP contribution in [0, 0.1) is 52.3 Å². The molecule has 6 heteroatoms. The topological polar surface area (TPSA) is 71.1 Å². The molecule has 4 saturated carbocycles. The number of fused-ring (bicyclic) bond motifs is 7. The van der Waals surface area contributed by atoms with Crippen molar-refractivity contribution >= 4 is 11.9 Å². The summed E-state index contributed by atoms with van der Waals surface area (Å²) in [6, 6.07) is 0. The molecule has 4 aliphatic carbocycles. The highest BCUT2D eigenvalue weighted by atomic mass is 16.7. The molecule has 6 rings (SSSR count). The first-order valence-corrected chi connectivity index (χ1v) is 15.1. The van der Waals surface area contributed by atoms with E-state index in [1.807, 2.05) is 0 Å². The van der Waals surface area contributed by atoms with Gasteiger partial charge in [-0.1, -0.05) is 27.7 Å². The van der Waals surface area contributed by atoms with Crippen molar-refractivity contribution in [1.82, 2.24) is 0 Å². The summed E-state index contributed by atoms with van der Waals surface area (Å²) in [5, 5.41) is 0. The monoisotopic (exact) mass is 516 g/mol. The number of esters is 2. The maximum absolute atomic E-state index is 12.0. The van der Waals surface area contributed by atoms with E-state index in [1.165, 1.54) is 39.0 Å². The fraction of sp³-hybridized carbons (Fsp3) is 0.935. The van der Waals surface area contributed by atoms with Crippen molar-refractivity contribution in [2.45, 2.75) is 123 Å². The van der Waals surface area contributed by atoms with E-state index in [1.54, 1.807) is 6.92 Å². The average Bonchev–Trinajstić information content (AvgIpc) is 3.27. The third kappa shape index (κ3) is 3.85. The minimum Gasteiger partial charge on any atom is -0.463 e. The molecule has 0 bridgehead atoms. The Morgan fingerprint density at radius 1 is 0.838 bits per heavy atom. The maximum atomic E-state index is 12.0. The lowest BCUT2D eigenvalue weighted by atomic mass is 9.44. The second kappa shape index (κ2) is 8.94. The standard InChI is InChI=1S/C31H48O6/c1-17-13-27(36-20(4)33)31(34-16-17)18(2)28-26(37-31)15-25-23-8-7-21-14-22(35-19(3)32)9-11-29(21,5)24(23)10-12-30(25,28)6/h17-18,21-28H,7-16H2,1-6H3/t17-,18-,21-,22+,23+,24+,25+,26-,27+,28-,29-,30-,31-/m0/s1. The summed E-state index contributed by atoms with van der Waals surface area (Å²) in [6.07, 6.45) is 10.2. The first kappa shape index (κ1) is 26.1. The quantitative estimate of drug-likeness (QED) is 0.425. The van der Waals surface area contributed by atoms with Crippen molar-refractivity contribution < 1.29 is 28.5 Å². The molecule has 0 aromatic carbocycles. The van der Waals surface area contributed by atoms with Gasteiger partial charge in [0.15, 0.2) is 6.10 Å². The highest BCUT2D eigenvalue weighted by Gasteiger charge is 2.71. The molecule has 208 valence electrons. The van der Waals surface area contributed by atoms with Crippen LogP contribution >= 0.6 is 0 Å². The fourth-order valence-electron chi connectivity index (χ4n) is 11.0. The van der Waals surface area contributed by atoms with E-state index in [4.69, 9.17) is 18.9 Å². The number of hydrogen-bond donors (Lipinski definition) is 0. The molecule has 0 aromatic rings. The van der Waals surface area contributed by atoms with Crippen LogP contribution in [0.3, 0.4) is 0 Å². The van der Waals surface area contributed by atoms with Crippen LogP contribution in [0.1, 0.15) is 99.3 Å². The number of ether oxygens (including phenoxy) is 4. The Balaban J connectivity index is 1.22. The van der Waals surface area contributed by atoms with Crippen LogP contribution < -0.4 is 0 Å². The second-order valence-electron chi connectivity index (χ2n) is 14.4. The van der Waals surface area contributed by atoms with E-state index in [2.05, 4.69) is 27.7 Å². The molecular formula is C31H48O6. The minimum atomic E-state index is -0.795. The van der Waals surface area contributed by atoms with Crippen LogP contribution in [-0.4, -0.2) is 42.6 Å². The SMILES string of the molecule is CC(=O)O[C@@H]1CC[C@@]2(C)[C@@H](CC[C@@H]3[C@H]2CC[C@]2(C)[C@@H]4[C@H](C[C@H]32)O[C@@]2(OC[C@@H](C)C[C@H]2OC(C)=O)[C@H]4C)C1. The highest BCUT2D eigenvalue weighted by molar-refractivity contribution is 5.66. The molecule has 6 aliphatic rings. The molecule has 0 radical (unpaired) electrons. The molecule has 0 unspecified atom stereocenters. The van der Waals surface area contributed by atoms with Crippen molar-refractivity contribution in [2.24, 2.45) is 52.3 Å². The van der Waals surface area contributed by atoms with Gasteiger partial charge < -0.3 is 18.9 Å². The van der Waals surface area contributed by atoms with Crippen LogP contribution in [0.4, 0.5) is 0 Å². The van der Waals surface area contributed by atoms with Gasteiger partial charge >= 0.3 is 11.9 Å². The third-order valence-electron chi connectivity index (χ3n) is 12.5. The summed E-state index contributed by atoms with van der Waals surface area (Å²) in [7, 11) is 0. The van der Waals surface area contributed by atoms with Gasteiger partial charge in [0.25, 0.3) is 0 Å². The number of rotatable bonds is 2. The molecule has 2 heterocycles. The summed E-state index contributed by atoms with van der Waals surface area (Å²) in [6.45, 7) is 13.3. The summed E-state index contributed by atoms with van der Waals surface area (Å²) in [5.41, 5.74) is 0.593. The van der Waals surface area contributed by atoms with Crippen molar-refractivity contribution in [3.63, 3.8) is 0 Å². The molecule has 2 aliphatic heterocycles. The van der Waals surface area contributed by atoms with Gasteiger partial charge in [-0.3, -0.25) is 9.59 Å². The van der Waals surface area contributed by atoms with E-state index in [-0.39, 0.29) is 41.6 Å². The third-order valence-corrected chi connectivity index (χ3v) is 12.5. The van der Waals surface area contributed by atoms with E-state index in [0.29, 0.717) is 35.7 Å². The lowest BCUT2D eigenvalue weighted by Gasteiger charge is -2.61. The lowest BCUT2D eigenvalue weighted by molar-refractivity contribution is -0.318. The van der Waals surface area contributed by atoms with Gasteiger partial charge in [-0.2, -0.15) is 0 Å². The van der Waals surface area contributed by atoms with E-state index in [0.717, 1.165) is 37.5 Å². The predicted molar refractivity (Wildman–Crippen MR) is 138 cm³/mol. The molecule has 13 atom stereocenters. The van der Waals surface area contributed by atoms with E-state index in [9.17, 15) is 9.59 Å². The van der Waals surface area contributed by atoms with Gasteiger partial charge in [-0.15, -0.1) is 0 Å². The fourth-order valence-corrected chi connectivity index (χ4v) is 11.0. The molecule has 2 saturated heterocycles. The van der Waals surface area contributed by atoms with Crippen molar-refractivity contribution in [2.75, 3.05) is 6.61 Å². The molecule has 0 amide bonds. The summed E-state index contributed by atoms with van der Waals surface area (Å²) < 4.78 is 25.0. The zero-order chi connectivity index (χ0) is 26.3. The maximum Gasteiger partial charge on any atom is 0.303 e. The van der Waals surface area contributed by atoms with Gasteiger partial charge in [-0.25, -0.2) is 0 Å². The molecule has 6 fully saturated rings. The van der Waals surface area contributed by atoms with Crippen LogP contribution in [0.15, 0.2) is 0 Å². The van der Waals surface area contributed by atoms with Crippen molar-refractivity contribution in [1.29, 1.82) is 0 Å². The van der Waals surface area contributed by atoms with Crippen molar-refractivity contribution in [3.8, 4) is 0 Å². The van der Waals surface area contributed by atoms with Crippen molar-refractivity contribution in [3.05, 3.63) is 0 Å². The molecule has 6 nitrogen and oxygen atoms in total. The van der Waals surface area contributed by atoms with Gasteiger partial charge in [0.05, 0.1) is 12.7 Å². The first-order chi connectivity index (χ1) is 17.5. The molecular weight excluding hydrogens is 468 g/mol. The highest BCUT2D eigenvalue weighted by Crippen LogP contribution is 2.71. The van der Waals surface area contributed by atoms with Crippen LogP contribution in [0.2, 0.25) is 0 Å². The Hall–Kier alpha value is -1.14. The Morgan fingerprint density at radius 3 is 2.30 bits per heavy atom. The lowest BCUT2D eigenvalue weighted by Crippen LogP contribution is -2.58. The van der Waals surface area contributed by atoms with Crippen LogP contribution in [0.5, 0.6) is 0 Å². The van der Waals surface area contributed by atoms with Gasteiger partial charge in [0.2, 0.25) is 5.79 Å². The predicted octanol–water partition coefficient (Wildman–Crippen LogP) is 5.91. The minimum absolute atomic E-state index is 0.112. The normalized spacial score (nSPS) is 54.5. The zero-order valence-corrected chi connectivity index (χ0v) is 23.8. The molecule has 0 N–H and O–H groups in total. The Bertz CT molecular complexity index is 935. The molecule has 1 spiro atoms. The first-order valence-electron chi connectivity index (χ1n) is 15.1. The molecule has 0 aromatic heterocycles.